The molecule has 1 aliphatic heterocycles. The minimum absolute atomic E-state index is 0.0140. The smallest absolute Gasteiger partial charge is 0.287 e. The molecule has 2 aromatic rings. The van der Waals surface area contributed by atoms with Gasteiger partial charge in [0.15, 0.2) is 11.5 Å². The highest BCUT2D eigenvalue weighted by molar-refractivity contribution is 6.14. The third-order valence-electron chi connectivity index (χ3n) is 3.23. The molecular weight excluding hydrogens is 277 g/mol. The Kier molecular flexibility index (Phi) is 3.06. The summed E-state index contributed by atoms with van der Waals surface area (Å²) < 4.78 is 18.0. The molecular formula is C15H10FNO4. The van der Waals surface area contributed by atoms with Crippen LogP contribution < -0.4 is 5.32 Å². The predicted octanol–water partition coefficient (Wildman–Crippen LogP) is 2.28. The molecule has 1 aromatic carbocycles. The number of Topliss-reactive ketones (excluding diaryl/α,β-unsaturated/α-hetero) is 1. The molecule has 0 aliphatic carbocycles. The van der Waals surface area contributed by atoms with Crippen molar-refractivity contribution in [3.8, 4) is 0 Å². The van der Waals surface area contributed by atoms with E-state index in [1.807, 2.05) is 0 Å². The summed E-state index contributed by atoms with van der Waals surface area (Å²) in [5.41, 5.74) is 0.380. The quantitative estimate of drug-likeness (QED) is 0.849. The van der Waals surface area contributed by atoms with Crippen molar-refractivity contribution in [1.82, 2.24) is 5.32 Å². The molecule has 3 rings (SSSR count). The summed E-state index contributed by atoms with van der Waals surface area (Å²) in [6.45, 7) is 0. The molecule has 1 aromatic heterocycles. The number of hydrogen-bond donors (Lipinski definition) is 2. The number of amides is 1. The molecule has 0 radical (unpaired) electrons. The van der Waals surface area contributed by atoms with E-state index >= 15 is 0 Å². The molecule has 21 heavy (non-hydrogen) atoms. The van der Waals surface area contributed by atoms with Gasteiger partial charge in [-0.05, 0) is 29.8 Å². The molecule has 0 spiro atoms. The van der Waals surface area contributed by atoms with Crippen LogP contribution in [0.3, 0.4) is 0 Å². The molecule has 0 saturated heterocycles. The second-order valence-electron chi connectivity index (χ2n) is 4.53. The maximum absolute atomic E-state index is 13.0. The van der Waals surface area contributed by atoms with Gasteiger partial charge in [-0.25, -0.2) is 4.39 Å². The molecule has 0 fully saturated rings. The van der Waals surface area contributed by atoms with Crippen LogP contribution in [-0.4, -0.2) is 16.8 Å². The minimum atomic E-state index is -0.837. The van der Waals surface area contributed by atoms with Crippen molar-refractivity contribution >= 4 is 11.7 Å². The topological polar surface area (TPSA) is 79.5 Å². The van der Waals surface area contributed by atoms with E-state index in [2.05, 4.69) is 5.32 Å². The van der Waals surface area contributed by atoms with E-state index in [9.17, 15) is 19.1 Å². The third kappa shape index (κ3) is 2.20. The zero-order valence-electron chi connectivity index (χ0n) is 10.7. The molecule has 1 atom stereocenters. The molecule has 0 bridgehead atoms. The van der Waals surface area contributed by atoms with Crippen LogP contribution in [0.15, 0.2) is 58.4 Å². The summed E-state index contributed by atoms with van der Waals surface area (Å²) in [7, 11) is 0. The Hall–Kier alpha value is -2.89. The SMILES string of the molecule is O=C1N[C@@H](c2ccc(F)cc2)C(C(=O)c2ccco2)=C1O. The fourth-order valence-electron chi connectivity index (χ4n) is 2.22. The van der Waals surface area contributed by atoms with E-state index in [0.29, 0.717) is 5.56 Å². The van der Waals surface area contributed by atoms with Gasteiger partial charge in [0.1, 0.15) is 5.82 Å². The van der Waals surface area contributed by atoms with Gasteiger partial charge in [0.05, 0.1) is 17.9 Å². The van der Waals surface area contributed by atoms with Crippen molar-refractivity contribution < 1.29 is 23.5 Å². The molecule has 106 valence electrons. The van der Waals surface area contributed by atoms with Crippen LogP contribution in [0.25, 0.3) is 0 Å². The number of nitrogens with one attached hydrogen (secondary N) is 1. The van der Waals surface area contributed by atoms with Gasteiger partial charge in [0, 0.05) is 0 Å². The van der Waals surface area contributed by atoms with E-state index in [1.54, 1.807) is 0 Å². The van der Waals surface area contributed by atoms with Crippen LogP contribution in [0.5, 0.6) is 0 Å². The molecule has 0 unspecified atom stereocenters. The Morgan fingerprint density at radius 3 is 2.57 bits per heavy atom. The standard InChI is InChI=1S/C15H10FNO4/c16-9-5-3-8(4-6-9)12-11(14(19)15(20)17-12)13(18)10-2-1-7-21-10/h1-7,12,19H,(H,17,20)/t12-/m0/s1. The van der Waals surface area contributed by atoms with Crippen molar-refractivity contribution in [2.24, 2.45) is 0 Å². The molecule has 2 N–H and O–H groups in total. The first-order valence-corrected chi connectivity index (χ1v) is 6.15. The summed E-state index contributed by atoms with van der Waals surface area (Å²) in [6.07, 6.45) is 1.32. The number of carbonyl (C=O) groups is 2. The van der Waals surface area contributed by atoms with Crippen molar-refractivity contribution in [1.29, 1.82) is 0 Å². The van der Waals surface area contributed by atoms with Gasteiger partial charge in [0.25, 0.3) is 5.91 Å². The average Bonchev–Trinajstić information content (AvgIpc) is 3.09. The maximum atomic E-state index is 13.0. The fraction of sp³-hybridized carbons (Fsp3) is 0.0667. The van der Waals surface area contributed by atoms with Crippen LogP contribution in [0.4, 0.5) is 4.39 Å². The maximum Gasteiger partial charge on any atom is 0.287 e. The Morgan fingerprint density at radius 2 is 1.95 bits per heavy atom. The number of hydrogen-bond acceptors (Lipinski definition) is 4. The lowest BCUT2D eigenvalue weighted by Crippen LogP contribution is -2.23. The van der Waals surface area contributed by atoms with Crippen LogP contribution in [0, 0.1) is 5.82 Å². The number of aliphatic hydroxyl groups is 1. The van der Waals surface area contributed by atoms with E-state index < -0.39 is 29.3 Å². The second-order valence-corrected chi connectivity index (χ2v) is 4.53. The summed E-state index contributed by atoms with van der Waals surface area (Å²) in [6, 6.07) is 7.44. The summed E-state index contributed by atoms with van der Waals surface area (Å²) in [4.78, 5) is 24.0. The van der Waals surface area contributed by atoms with Crippen molar-refractivity contribution in [2.45, 2.75) is 6.04 Å². The molecule has 0 saturated carbocycles. The zero-order valence-corrected chi connectivity index (χ0v) is 10.7. The van der Waals surface area contributed by atoms with Crippen molar-refractivity contribution in [3.05, 3.63) is 71.1 Å². The molecule has 6 heteroatoms. The number of ketones is 1. The Morgan fingerprint density at radius 1 is 1.24 bits per heavy atom. The average molecular weight is 287 g/mol. The number of benzene rings is 1. The number of furan rings is 1. The first-order chi connectivity index (χ1) is 10.1. The predicted molar refractivity (Wildman–Crippen MR) is 70.0 cm³/mol. The molecule has 5 nitrogen and oxygen atoms in total. The van der Waals surface area contributed by atoms with Gasteiger partial charge in [-0.2, -0.15) is 0 Å². The minimum Gasteiger partial charge on any atom is -0.503 e. The normalized spacial score (nSPS) is 18.0. The Balaban J connectivity index is 2.03. The van der Waals surface area contributed by atoms with Crippen molar-refractivity contribution in [2.75, 3.05) is 0 Å². The summed E-state index contributed by atoms with van der Waals surface area (Å²) in [5, 5.41) is 12.3. The highest BCUT2D eigenvalue weighted by atomic mass is 19.1. The largest absolute Gasteiger partial charge is 0.503 e. The lowest BCUT2D eigenvalue weighted by Gasteiger charge is -2.13. The van der Waals surface area contributed by atoms with Crippen LogP contribution in [0.2, 0.25) is 0 Å². The van der Waals surface area contributed by atoms with E-state index in [0.717, 1.165) is 0 Å². The lowest BCUT2D eigenvalue weighted by molar-refractivity contribution is -0.119. The Labute approximate surface area is 118 Å². The zero-order chi connectivity index (χ0) is 15.0. The highest BCUT2D eigenvalue weighted by Crippen LogP contribution is 2.31. The lowest BCUT2D eigenvalue weighted by atomic mass is 9.96. The second kappa shape index (κ2) is 4.90. The number of aliphatic hydroxyl groups excluding tert-OH is 1. The van der Waals surface area contributed by atoms with Crippen LogP contribution in [0.1, 0.15) is 22.2 Å². The monoisotopic (exact) mass is 287 g/mol. The van der Waals surface area contributed by atoms with E-state index in [-0.39, 0.29) is 11.3 Å². The molecule has 1 aliphatic rings. The summed E-state index contributed by atoms with van der Waals surface area (Å²) in [5.74, 6) is -2.41. The fourth-order valence-corrected chi connectivity index (χ4v) is 2.22. The highest BCUT2D eigenvalue weighted by Gasteiger charge is 2.38. The van der Waals surface area contributed by atoms with E-state index in [4.69, 9.17) is 4.42 Å². The van der Waals surface area contributed by atoms with Crippen LogP contribution >= 0.6 is 0 Å². The van der Waals surface area contributed by atoms with Gasteiger partial charge in [-0.3, -0.25) is 9.59 Å². The van der Waals surface area contributed by atoms with Gasteiger partial charge in [-0.15, -0.1) is 0 Å². The molecule has 2 heterocycles. The molecule has 1 amide bonds. The van der Waals surface area contributed by atoms with E-state index in [1.165, 1.54) is 42.7 Å². The van der Waals surface area contributed by atoms with Crippen LogP contribution in [-0.2, 0) is 4.79 Å². The van der Waals surface area contributed by atoms with Gasteiger partial charge >= 0.3 is 0 Å². The van der Waals surface area contributed by atoms with Gasteiger partial charge < -0.3 is 14.8 Å². The number of rotatable bonds is 3. The number of halogens is 1. The number of carbonyl (C=O) groups excluding carboxylic acids is 2. The first-order valence-electron chi connectivity index (χ1n) is 6.15. The first kappa shape index (κ1) is 13.1. The third-order valence-corrected chi connectivity index (χ3v) is 3.23. The Bertz CT molecular complexity index is 732. The van der Waals surface area contributed by atoms with Crippen molar-refractivity contribution in [3.63, 3.8) is 0 Å². The van der Waals surface area contributed by atoms with Gasteiger partial charge in [0.2, 0.25) is 5.78 Å². The summed E-state index contributed by atoms with van der Waals surface area (Å²) >= 11 is 0. The van der Waals surface area contributed by atoms with Gasteiger partial charge in [-0.1, -0.05) is 12.1 Å².